The minimum Gasteiger partial charge on any atom is -0.321 e. The molecule has 0 unspecified atom stereocenters. The summed E-state index contributed by atoms with van der Waals surface area (Å²) in [6, 6.07) is 11.6. The Kier molecular flexibility index (Phi) is 5.03. The molecule has 0 aliphatic carbocycles. The van der Waals surface area contributed by atoms with Gasteiger partial charge in [0.15, 0.2) is 0 Å². The number of carbonyl (C=O) groups is 1. The molecule has 142 valence electrons. The van der Waals surface area contributed by atoms with Gasteiger partial charge in [0.1, 0.15) is 11.3 Å². The Morgan fingerprint density at radius 3 is 2.41 bits per heavy atom. The van der Waals surface area contributed by atoms with Crippen LogP contribution < -0.4 is 5.32 Å². The molecule has 3 rings (SSSR count). The predicted octanol–water partition coefficient (Wildman–Crippen LogP) is 2.92. The standard InChI is InChI=1S/C19H22N4O3S/c1-13(2)22(4)27(25,26)16-10-8-15(9-11-16)20-19(24)17-12-23-14(3)6-5-7-18(23)21-17/h5-13H,1-4H3,(H,20,24). The minimum atomic E-state index is -3.55. The van der Waals surface area contributed by atoms with Crippen molar-refractivity contribution in [3.63, 3.8) is 0 Å². The van der Waals surface area contributed by atoms with Crippen molar-refractivity contribution in [2.45, 2.75) is 31.7 Å². The first kappa shape index (κ1) is 19.1. The van der Waals surface area contributed by atoms with E-state index in [-0.39, 0.29) is 16.8 Å². The van der Waals surface area contributed by atoms with Crippen molar-refractivity contribution in [2.24, 2.45) is 0 Å². The topological polar surface area (TPSA) is 83.8 Å². The number of rotatable bonds is 5. The van der Waals surface area contributed by atoms with E-state index in [1.54, 1.807) is 25.4 Å². The first-order valence-corrected chi connectivity index (χ1v) is 9.98. The second-order valence-electron chi connectivity index (χ2n) is 6.62. The molecular formula is C19H22N4O3S. The fraction of sp³-hybridized carbons (Fsp3) is 0.263. The van der Waals surface area contributed by atoms with Crippen molar-refractivity contribution >= 4 is 27.3 Å². The van der Waals surface area contributed by atoms with Crippen LogP contribution in [0.5, 0.6) is 0 Å². The van der Waals surface area contributed by atoms with Crippen LogP contribution in [0.2, 0.25) is 0 Å². The Morgan fingerprint density at radius 1 is 1.15 bits per heavy atom. The average molecular weight is 386 g/mol. The molecule has 3 aromatic rings. The fourth-order valence-electron chi connectivity index (χ4n) is 2.61. The van der Waals surface area contributed by atoms with E-state index in [0.717, 1.165) is 5.69 Å². The fourth-order valence-corrected chi connectivity index (χ4v) is 3.97. The Hall–Kier alpha value is -2.71. The lowest BCUT2D eigenvalue weighted by atomic mass is 10.3. The van der Waals surface area contributed by atoms with Gasteiger partial charge in [0.05, 0.1) is 4.90 Å². The zero-order valence-corrected chi connectivity index (χ0v) is 16.5. The van der Waals surface area contributed by atoms with Crippen molar-refractivity contribution in [1.29, 1.82) is 0 Å². The highest BCUT2D eigenvalue weighted by Crippen LogP contribution is 2.19. The number of amides is 1. The highest BCUT2D eigenvalue weighted by atomic mass is 32.2. The van der Waals surface area contributed by atoms with E-state index in [0.29, 0.717) is 17.0 Å². The normalized spacial score (nSPS) is 12.1. The van der Waals surface area contributed by atoms with E-state index in [1.807, 2.05) is 43.4 Å². The second kappa shape index (κ2) is 7.13. The van der Waals surface area contributed by atoms with Crippen molar-refractivity contribution in [3.8, 4) is 0 Å². The Balaban J connectivity index is 1.79. The molecule has 0 atom stereocenters. The lowest BCUT2D eigenvalue weighted by Gasteiger charge is -2.21. The molecule has 0 fully saturated rings. The highest BCUT2D eigenvalue weighted by Gasteiger charge is 2.23. The van der Waals surface area contributed by atoms with Crippen molar-refractivity contribution in [3.05, 3.63) is 60.0 Å². The van der Waals surface area contributed by atoms with Crippen LogP contribution in [0.1, 0.15) is 30.0 Å². The molecule has 0 aliphatic heterocycles. The number of benzene rings is 1. The van der Waals surface area contributed by atoms with Gasteiger partial charge in [0.25, 0.3) is 5.91 Å². The van der Waals surface area contributed by atoms with Crippen LogP contribution in [0.25, 0.3) is 5.65 Å². The van der Waals surface area contributed by atoms with E-state index in [9.17, 15) is 13.2 Å². The number of fused-ring (bicyclic) bond motifs is 1. The third-order valence-electron chi connectivity index (χ3n) is 4.44. The third kappa shape index (κ3) is 3.72. The van der Waals surface area contributed by atoms with Crippen LogP contribution in [-0.2, 0) is 10.0 Å². The van der Waals surface area contributed by atoms with Gasteiger partial charge in [-0.05, 0) is 57.2 Å². The molecule has 0 aliphatic rings. The van der Waals surface area contributed by atoms with Gasteiger partial charge >= 0.3 is 0 Å². The van der Waals surface area contributed by atoms with E-state index >= 15 is 0 Å². The summed E-state index contributed by atoms with van der Waals surface area (Å²) in [5.41, 5.74) is 2.46. The van der Waals surface area contributed by atoms with Crippen molar-refractivity contribution in [1.82, 2.24) is 13.7 Å². The maximum absolute atomic E-state index is 12.5. The summed E-state index contributed by atoms with van der Waals surface area (Å²) in [5, 5.41) is 2.75. The number of nitrogens with one attached hydrogen (secondary N) is 1. The number of hydrogen-bond donors (Lipinski definition) is 1. The van der Waals surface area contributed by atoms with E-state index in [2.05, 4.69) is 10.3 Å². The number of aryl methyl sites for hydroxylation is 1. The maximum Gasteiger partial charge on any atom is 0.275 e. The lowest BCUT2D eigenvalue weighted by Crippen LogP contribution is -2.33. The van der Waals surface area contributed by atoms with E-state index < -0.39 is 10.0 Å². The summed E-state index contributed by atoms with van der Waals surface area (Å²) in [6.45, 7) is 5.55. The quantitative estimate of drug-likeness (QED) is 0.731. The number of pyridine rings is 1. The molecule has 0 spiro atoms. The Bertz CT molecular complexity index is 1090. The number of anilines is 1. The van der Waals surface area contributed by atoms with Gasteiger partial charge in [-0.25, -0.2) is 13.4 Å². The highest BCUT2D eigenvalue weighted by molar-refractivity contribution is 7.89. The van der Waals surface area contributed by atoms with Gasteiger partial charge in [0.2, 0.25) is 10.0 Å². The van der Waals surface area contributed by atoms with Gasteiger partial charge < -0.3 is 9.72 Å². The van der Waals surface area contributed by atoms with Crippen LogP contribution in [0.15, 0.2) is 53.6 Å². The van der Waals surface area contributed by atoms with Gasteiger partial charge in [-0.2, -0.15) is 4.31 Å². The van der Waals surface area contributed by atoms with Crippen LogP contribution in [-0.4, -0.2) is 41.1 Å². The Morgan fingerprint density at radius 2 is 1.81 bits per heavy atom. The van der Waals surface area contributed by atoms with Gasteiger partial charge in [-0.15, -0.1) is 0 Å². The predicted molar refractivity (Wildman–Crippen MR) is 104 cm³/mol. The van der Waals surface area contributed by atoms with Crippen LogP contribution >= 0.6 is 0 Å². The number of sulfonamides is 1. The van der Waals surface area contributed by atoms with Crippen LogP contribution in [0.3, 0.4) is 0 Å². The second-order valence-corrected chi connectivity index (χ2v) is 8.61. The van der Waals surface area contributed by atoms with Gasteiger partial charge in [0, 0.05) is 30.7 Å². The molecular weight excluding hydrogens is 364 g/mol. The van der Waals surface area contributed by atoms with E-state index in [4.69, 9.17) is 0 Å². The largest absolute Gasteiger partial charge is 0.321 e. The molecule has 0 saturated carbocycles. The summed E-state index contributed by atoms with van der Waals surface area (Å²) in [5.74, 6) is -0.354. The molecule has 0 bridgehead atoms. The summed E-state index contributed by atoms with van der Waals surface area (Å²) >= 11 is 0. The smallest absolute Gasteiger partial charge is 0.275 e. The van der Waals surface area contributed by atoms with E-state index in [1.165, 1.54) is 16.4 Å². The van der Waals surface area contributed by atoms with Gasteiger partial charge in [-0.3, -0.25) is 4.79 Å². The van der Waals surface area contributed by atoms with Gasteiger partial charge in [-0.1, -0.05) is 6.07 Å². The maximum atomic E-state index is 12.5. The monoisotopic (exact) mass is 386 g/mol. The first-order valence-electron chi connectivity index (χ1n) is 8.54. The average Bonchev–Trinajstić information content (AvgIpc) is 3.07. The van der Waals surface area contributed by atoms with Crippen LogP contribution in [0, 0.1) is 6.92 Å². The molecule has 1 N–H and O–H groups in total. The van der Waals surface area contributed by atoms with Crippen molar-refractivity contribution < 1.29 is 13.2 Å². The Labute approximate surface area is 158 Å². The number of hydrogen-bond acceptors (Lipinski definition) is 4. The molecule has 2 aromatic heterocycles. The molecule has 1 aromatic carbocycles. The summed E-state index contributed by atoms with van der Waals surface area (Å²) in [6.07, 6.45) is 1.68. The molecule has 0 saturated heterocycles. The minimum absolute atomic E-state index is 0.145. The van der Waals surface area contributed by atoms with Crippen molar-refractivity contribution in [2.75, 3.05) is 12.4 Å². The summed E-state index contributed by atoms with van der Waals surface area (Å²) in [7, 11) is -2.01. The first-order chi connectivity index (χ1) is 12.7. The SMILES string of the molecule is Cc1cccc2nc(C(=O)Nc3ccc(S(=O)(=O)N(C)C(C)C)cc3)cn12. The summed E-state index contributed by atoms with van der Waals surface area (Å²) in [4.78, 5) is 17.0. The third-order valence-corrected chi connectivity index (χ3v) is 6.49. The number of aromatic nitrogens is 2. The summed E-state index contributed by atoms with van der Waals surface area (Å²) < 4.78 is 28.1. The number of imidazole rings is 1. The molecule has 8 heteroatoms. The molecule has 1 amide bonds. The number of nitrogens with zero attached hydrogens (tertiary/aromatic N) is 3. The zero-order chi connectivity index (χ0) is 19.8. The number of carbonyl (C=O) groups excluding carboxylic acids is 1. The molecule has 27 heavy (non-hydrogen) atoms. The molecule has 0 radical (unpaired) electrons. The molecule has 2 heterocycles. The zero-order valence-electron chi connectivity index (χ0n) is 15.7. The molecule has 7 nitrogen and oxygen atoms in total. The lowest BCUT2D eigenvalue weighted by molar-refractivity contribution is 0.102. The van der Waals surface area contributed by atoms with Crippen LogP contribution in [0.4, 0.5) is 5.69 Å².